The average Bonchev–Trinajstić information content (AvgIpc) is 2.64. The molecular formula is C24H40O7. The molecule has 0 spiro atoms. The van der Waals surface area contributed by atoms with Crippen LogP contribution in [0.4, 0.5) is 0 Å². The van der Waals surface area contributed by atoms with Gasteiger partial charge in [-0.2, -0.15) is 0 Å². The summed E-state index contributed by atoms with van der Waals surface area (Å²) >= 11 is 0. The Morgan fingerprint density at radius 1 is 1.16 bits per heavy atom. The van der Waals surface area contributed by atoms with E-state index in [1.165, 1.54) is 19.9 Å². The van der Waals surface area contributed by atoms with Gasteiger partial charge in [-0.15, -0.1) is 6.58 Å². The lowest BCUT2D eigenvalue weighted by molar-refractivity contribution is -0.395. The number of carbonyl (C=O) groups is 2. The minimum absolute atomic E-state index is 0. The summed E-state index contributed by atoms with van der Waals surface area (Å²) in [6.45, 7) is 15.4. The molecule has 2 aliphatic carbocycles. The van der Waals surface area contributed by atoms with Crippen molar-refractivity contribution < 1.29 is 34.4 Å². The van der Waals surface area contributed by atoms with Crippen LogP contribution in [0.1, 0.15) is 75.2 Å². The fourth-order valence-corrected chi connectivity index (χ4v) is 6.88. The van der Waals surface area contributed by atoms with Crippen LogP contribution in [-0.2, 0) is 19.1 Å². The predicted octanol–water partition coefficient (Wildman–Crippen LogP) is 2.55. The Bertz CT molecular complexity index is 793. The highest BCUT2D eigenvalue weighted by Gasteiger charge is 2.84. The smallest absolute Gasteiger partial charge is 0.303 e. The number of Topliss-reactive ketones (excluding diaryl/α,β-unsaturated/α-hetero) is 1. The van der Waals surface area contributed by atoms with E-state index in [0.717, 1.165) is 0 Å². The van der Waals surface area contributed by atoms with Gasteiger partial charge in [0.25, 0.3) is 0 Å². The molecule has 7 heteroatoms. The highest BCUT2D eigenvalue weighted by Crippen LogP contribution is 2.72. The standard InChI is InChI=1S/C23H36O7.CH4/c1-9-19(5)12-15(26)23(28)20(6)14(25)10-11-18(3,4)21(20,7)16(27)17(29-13(2)24)22(23,8)30-19;/h9,14,16-17,25,27-28H,1,10-12H2,2-8H3;1H4/t14-,16+,17-,19-,20-,21-,22+,23-;/m0./s1. The highest BCUT2D eigenvalue weighted by atomic mass is 16.6. The Morgan fingerprint density at radius 3 is 2.19 bits per heavy atom. The fourth-order valence-electron chi connectivity index (χ4n) is 6.88. The van der Waals surface area contributed by atoms with Gasteiger partial charge in [0.2, 0.25) is 0 Å². The Morgan fingerprint density at radius 2 is 1.71 bits per heavy atom. The monoisotopic (exact) mass is 440 g/mol. The molecular weight excluding hydrogens is 400 g/mol. The highest BCUT2D eigenvalue weighted by molar-refractivity contribution is 5.92. The lowest BCUT2D eigenvalue weighted by Crippen LogP contribution is -2.89. The van der Waals surface area contributed by atoms with Crippen LogP contribution < -0.4 is 0 Å². The third-order valence-electron chi connectivity index (χ3n) is 9.17. The maximum Gasteiger partial charge on any atom is 0.303 e. The minimum Gasteiger partial charge on any atom is -0.457 e. The van der Waals surface area contributed by atoms with Crippen molar-refractivity contribution in [3.8, 4) is 0 Å². The van der Waals surface area contributed by atoms with Crippen LogP contribution in [0.3, 0.4) is 0 Å². The molecule has 0 aromatic carbocycles. The van der Waals surface area contributed by atoms with Gasteiger partial charge in [-0.05, 0) is 32.1 Å². The first-order valence-electron chi connectivity index (χ1n) is 10.6. The summed E-state index contributed by atoms with van der Waals surface area (Å²) in [5.41, 5.74) is -8.38. The van der Waals surface area contributed by atoms with E-state index in [1.807, 2.05) is 13.8 Å². The largest absolute Gasteiger partial charge is 0.457 e. The van der Waals surface area contributed by atoms with E-state index in [0.29, 0.717) is 12.8 Å². The van der Waals surface area contributed by atoms with E-state index < -0.39 is 63.1 Å². The van der Waals surface area contributed by atoms with E-state index in [2.05, 4.69) is 6.58 Å². The van der Waals surface area contributed by atoms with E-state index in [9.17, 15) is 24.9 Å². The topological polar surface area (TPSA) is 113 Å². The van der Waals surface area contributed by atoms with E-state index in [1.54, 1.807) is 20.8 Å². The second kappa shape index (κ2) is 7.11. The lowest BCUT2D eigenvalue weighted by atomic mass is 9.33. The van der Waals surface area contributed by atoms with Crippen molar-refractivity contribution in [1.29, 1.82) is 0 Å². The Hall–Kier alpha value is -1.28. The van der Waals surface area contributed by atoms with Crippen LogP contribution >= 0.6 is 0 Å². The molecule has 7 nitrogen and oxygen atoms in total. The SMILES string of the molecule is C.C=C[C@@]1(C)CC(=O)[C@]2(O)[C@@]3(C)[C@@H](O)CCC(C)(C)[C@]3(C)[C@H](O)[C@H](OC(C)=O)[C@@]2(C)O1. The molecule has 3 N–H and O–H groups in total. The van der Waals surface area contributed by atoms with Crippen LogP contribution in [-0.4, -0.2) is 62.2 Å². The molecule has 1 saturated heterocycles. The normalized spacial score (nSPS) is 51.0. The van der Waals surface area contributed by atoms with Gasteiger partial charge in [0, 0.05) is 24.2 Å². The minimum atomic E-state index is -2.21. The van der Waals surface area contributed by atoms with E-state index in [-0.39, 0.29) is 13.8 Å². The molecule has 8 atom stereocenters. The molecule has 2 saturated carbocycles. The van der Waals surface area contributed by atoms with Crippen molar-refractivity contribution in [2.45, 2.75) is 110 Å². The predicted molar refractivity (Wildman–Crippen MR) is 116 cm³/mol. The van der Waals surface area contributed by atoms with Gasteiger partial charge in [0.1, 0.15) is 11.7 Å². The summed E-state index contributed by atoms with van der Waals surface area (Å²) in [6.07, 6.45) is -1.46. The first-order valence-corrected chi connectivity index (χ1v) is 10.6. The van der Waals surface area contributed by atoms with Crippen molar-refractivity contribution in [1.82, 2.24) is 0 Å². The third kappa shape index (κ3) is 2.73. The van der Waals surface area contributed by atoms with Crippen molar-refractivity contribution in [3.63, 3.8) is 0 Å². The molecule has 0 unspecified atom stereocenters. The Balaban J connectivity index is 0.00000341. The quantitative estimate of drug-likeness (QED) is 0.447. The first-order chi connectivity index (χ1) is 13.5. The van der Waals surface area contributed by atoms with E-state index in [4.69, 9.17) is 9.47 Å². The van der Waals surface area contributed by atoms with Crippen LogP contribution in [0.25, 0.3) is 0 Å². The van der Waals surface area contributed by atoms with Gasteiger partial charge < -0.3 is 24.8 Å². The van der Waals surface area contributed by atoms with Crippen LogP contribution in [0.2, 0.25) is 0 Å². The fraction of sp³-hybridized carbons (Fsp3) is 0.833. The van der Waals surface area contributed by atoms with Gasteiger partial charge in [-0.3, -0.25) is 9.59 Å². The summed E-state index contributed by atoms with van der Waals surface area (Å²) in [6, 6.07) is 0. The molecule has 178 valence electrons. The summed E-state index contributed by atoms with van der Waals surface area (Å²) in [7, 11) is 0. The van der Waals surface area contributed by atoms with Gasteiger partial charge in [0.05, 0.1) is 11.7 Å². The third-order valence-corrected chi connectivity index (χ3v) is 9.17. The van der Waals surface area contributed by atoms with Crippen molar-refractivity contribution in [3.05, 3.63) is 12.7 Å². The lowest BCUT2D eigenvalue weighted by Gasteiger charge is -2.75. The molecule has 3 fully saturated rings. The molecule has 0 aromatic heterocycles. The Labute approximate surface area is 185 Å². The maximum atomic E-state index is 13.7. The zero-order valence-electron chi connectivity index (χ0n) is 19.1. The molecule has 0 radical (unpaired) electrons. The van der Waals surface area contributed by atoms with Gasteiger partial charge in [-0.25, -0.2) is 0 Å². The molecule has 3 aliphatic rings. The molecule has 0 aromatic rings. The maximum absolute atomic E-state index is 13.7. The summed E-state index contributed by atoms with van der Waals surface area (Å²) in [5, 5.41) is 35.3. The van der Waals surface area contributed by atoms with Crippen LogP contribution in [0.15, 0.2) is 12.7 Å². The molecule has 31 heavy (non-hydrogen) atoms. The summed E-state index contributed by atoms with van der Waals surface area (Å²) < 4.78 is 11.9. The second-order valence-electron chi connectivity index (χ2n) is 10.9. The van der Waals surface area contributed by atoms with E-state index >= 15 is 0 Å². The average molecular weight is 441 g/mol. The number of aliphatic hydroxyl groups is 3. The summed E-state index contributed by atoms with van der Waals surface area (Å²) in [4.78, 5) is 25.8. The van der Waals surface area contributed by atoms with Crippen molar-refractivity contribution >= 4 is 11.8 Å². The second-order valence-corrected chi connectivity index (χ2v) is 10.9. The van der Waals surface area contributed by atoms with Gasteiger partial charge >= 0.3 is 5.97 Å². The van der Waals surface area contributed by atoms with Crippen molar-refractivity contribution in [2.24, 2.45) is 16.2 Å². The molecule has 0 amide bonds. The number of hydrogen-bond acceptors (Lipinski definition) is 7. The molecule has 1 heterocycles. The molecule has 0 bridgehead atoms. The van der Waals surface area contributed by atoms with Crippen LogP contribution in [0, 0.1) is 16.2 Å². The number of rotatable bonds is 2. The van der Waals surface area contributed by atoms with Crippen molar-refractivity contribution in [2.75, 3.05) is 0 Å². The number of fused-ring (bicyclic) bond motifs is 3. The number of esters is 1. The summed E-state index contributed by atoms with van der Waals surface area (Å²) in [5.74, 6) is -1.18. The molecule has 3 rings (SSSR count). The van der Waals surface area contributed by atoms with Crippen LogP contribution in [0.5, 0.6) is 0 Å². The molecule has 1 aliphatic heterocycles. The number of ketones is 1. The van der Waals surface area contributed by atoms with Gasteiger partial charge in [0.15, 0.2) is 17.5 Å². The number of carbonyl (C=O) groups excluding carboxylic acids is 2. The number of hydrogen-bond donors (Lipinski definition) is 3. The zero-order chi connectivity index (χ0) is 23.1. The Kier molecular flexibility index (Phi) is 5.96. The number of ether oxygens (including phenoxy) is 2. The zero-order valence-corrected chi connectivity index (χ0v) is 19.1. The van der Waals surface area contributed by atoms with Gasteiger partial charge in [-0.1, -0.05) is 41.2 Å². The number of aliphatic hydroxyl groups excluding tert-OH is 2. The first kappa shape index (κ1) is 26.0.